The lowest BCUT2D eigenvalue weighted by atomic mass is 9.98. The summed E-state index contributed by atoms with van der Waals surface area (Å²) in [5.74, 6) is 2.01. The molecule has 1 N–H and O–H groups in total. The highest BCUT2D eigenvalue weighted by Crippen LogP contribution is 2.40. The number of aryl methyl sites for hydroxylation is 1. The van der Waals surface area contributed by atoms with Gasteiger partial charge in [-0.2, -0.15) is 0 Å². The van der Waals surface area contributed by atoms with E-state index in [1.54, 1.807) is 26.6 Å². The molecule has 0 unspecified atom stereocenters. The van der Waals surface area contributed by atoms with Crippen molar-refractivity contribution in [1.29, 1.82) is 0 Å². The number of ether oxygens (including phenoxy) is 2. The van der Waals surface area contributed by atoms with Crippen molar-refractivity contribution in [3.05, 3.63) is 46.9 Å². The number of benzene rings is 1. The van der Waals surface area contributed by atoms with Gasteiger partial charge >= 0.3 is 0 Å². The van der Waals surface area contributed by atoms with Crippen molar-refractivity contribution in [2.24, 2.45) is 5.92 Å². The van der Waals surface area contributed by atoms with Gasteiger partial charge in [0.15, 0.2) is 11.5 Å². The fourth-order valence-electron chi connectivity index (χ4n) is 4.56. The predicted molar refractivity (Wildman–Crippen MR) is 120 cm³/mol. The van der Waals surface area contributed by atoms with E-state index in [0.29, 0.717) is 16.7 Å². The minimum absolute atomic E-state index is 0.564. The summed E-state index contributed by atoms with van der Waals surface area (Å²) in [6.45, 7) is 2.89. The van der Waals surface area contributed by atoms with E-state index in [-0.39, 0.29) is 0 Å². The minimum Gasteiger partial charge on any atom is -0.493 e. The van der Waals surface area contributed by atoms with Gasteiger partial charge in [-0.25, -0.2) is 0 Å². The second kappa shape index (κ2) is 7.84. The lowest BCUT2D eigenvalue weighted by Crippen LogP contribution is -2.49. The van der Waals surface area contributed by atoms with Gasteiger partial charge in [-0.3, -0.25) is 9.97 Å². The Hall–Kier alpha value is -2.73. The highest BCUT2D eigenvalue weighted by Gasteiger charge is 2.29. The molecule has 0 spiro atoms. The van der Waals surface area contributed by atoms with Gasteiger partial charge in [-0.1, -0.05) is 11.6 Å². The summed E-state index contributed by atoms with van der Waals surface area (Å²) >= 11 is 6.29. The number of hydrogen-bond donors (Lipinski definition) is 1. The van der Waals surface area contributed by atoms with Crippen molar-refractivity contribution < 1.29 is 9.47 Å². The summed E-state index contributed by atoms with van der Waals surface area (Å²) in [4.78, 5) is 11.3. The molecule has 0 radical (unpaired) electrons. The number of nitrogens with one attached hydrogen (secondary N) is 1. The molecule has 156 valence electrons. The molecule has 3 aromatic rings. The number of nitrogens with zero attached hydrogens (tertiary/aromatic N) is 3. The van der Waals surface area contributed by atoms with E-state index in [1.807, 2.05) is 18.2 Å². The first-order valence-electron chi connectivity index (χ1n) is 10.3. The molecule has 30 heavy (non-hydrogen) atoms. The highest BCUT2D eigenvalue weighted by atomic mass is 35.5. The van der Waals surface area contributed by atoms with E-state index >= 15 is 0 Å². The molecule has 1 aromatic carbocycles. The van der Waals surface area contributed by atoms with Crippen LogP contribution in [0, 0.1) is 5.92 Å². The number of hydrogen-bond acceptors (Lipinski definition) is 6. The number of fused-ring (bicyclic) bond motifs is 2. The molecular weight excluding hydrogens is 400 g/mol. The first kappa shape index (κ1) is 19.2. The smallest absolute Gasteiger partial charge is 0.162 e. The predicted octanol–water partition coefficient (Wildman–Crippen LogP) is 4.34. The fourth-order valence-corrected chi connectivity index (χ4v) is 4.80. The van der Waals surface area contributed by atoms with Gasteiger partial charge < -0.3 is 19.7 Å². The summed E-state index contributed by atoms with van der Waals surface area (Å²) in [5, 5.41) is 5.57. The third-order valence-electron chi connectivity index (χ3n) is 6.13. The van der Waals surface area contributed by atoms with Gasteiger partial charge in [0.2, 0.25) is 0 Å². The first-order chi connectivity index (χ1) is 14.7. The summed E-state index contributed by atoms with van der Waals surface area (Å²) in [7, 11) is 3.33. The van der Waals surface area contributed by atoms with E-state index in [4.69, 9.17) is 26.1 Å². The van der Waals surface area contributed by atoms with E-state index in [1.165, 1.54) is 16.9 Å². The Balaban J connectivity index is 1.38. The van der Waals surface area contributed by atoms with Gasteiger partial charge in [-0.15, -0.1) is 0 Å². The van der Waals surface area contributed by atoms with Gasteiger partial charge in [0.05, 0.1) is 30.4 Å². The van der Waals surface area contributed by atoms with Crippen LogP contribution < -0.4 is 19.7 Å². The first-order valence-corrected chi connectivity index (χ1v) is 10.7. The lowest BCUT2D eigenvalue weighted by Gasteiger charge is -2.41. The van der Waals surface area contributed by atoms with Crippen LogP contribution in [0.1, 0.15) is 17.7 Å². The standard InChI is InChI=1S/C23H25ClN4O2/c1-29-21-8-16-19(9-22(21)30-2)27-18-5-3-4-15(18)23(16)26-10-14-12-28(13-14)20-6-7-25-11-17(20)24/h6-9,11,14H,3-5,10,12-13H2,1-2H3,(H,26,27). The lowest BCUT2D eigenvalue weighted by molar-refractivity contribution is 0.356. The van der Waals surface area contributed by atoms with Crippen LogP contribution >= 0.6 is 11.6 Å². The molecule has 3 heterocycles. The van der Waals surface area contributed by atoms with Crippen molar-refractivity contribution in [2.45, 2.75) is 19.3 Å². The summed E-state index contributed by atoms with van der Waals surface area (Å²) in [6, 6.07) is 6.01. The normalized spacial score (nSPS) is 15.8. The Labute approximate surface area is 181 Å². The largest absolute Gasteiger partial charge is 0.493 e. The number of rotatable bonds is 6. The Morgan fingerprint density at radius 3 is 2.73 bits per heavy atom. The zero-order chi connectivity index (χ0) is 20.7. The zero-order valence-electron chi connectivity index (χ0n) is 17.2. The quantitative estimate of drug-likeness (QED) is 0.635. The van der Waals surface area contributed by atoms with Crippen molar-refractivity contribution in [3.63, 3.8) is 0 Å². The third kappa shape index (κ3) is 3.29. The van der Waals surface area contributed by atoms with Gasteiger partial charge in [0.25, 0.3) is 0 Å². The Morgan fingerprint density at radius 1 is 1.17 bits per heavy atom. The average Bonchev–Trinajstić information content (AvgIpc) is 3.20. The second-order valence-corrected chi connectivity index (χ2v) is 8.38. The van der Waals surface area contributed by atoms with Crippen molar-refractivity contribution in [1.82, 2.24) is 9.97 Å². The molecule has 0 saturated carbocycles. The second-order valence-electron chi connectivity index (χ2n) is 7.97. The highest BCUT2D eigenvalue weighted by molar-refractivity contribution is 6.33. The van der Waals surface area contributed by atoms with Crippen molar-refractivity contribution in [3.8, 4) is 11.5 Å². The third-order valence-corrected chi connectivity index (χ3v) is 6.42. The zero-order valence-corrected chi connectivity index (χ0v) is 18.0. The molecule has 7 heteroatoms. The van der Waals surface area contributed by atoms with Crippen LogP contribution in [0.5, 0.6) is 11.5 Å². The summed E-state index contributed by atoms with van der Waals surface area (Å²) < 4.78 is 11.0. The maximum atomic E-state index is 6.29. The average molecular weight is 425 g/mol. The molecule has 1 aliphatic carbocycles. The Bertz CT molecular complexity index is 1100. The van der Waals surface area contributed by atoms with Crippen LogP contribution in [-0.4, -0.2) is 43.8 Å². The molecule has 1 saturated heterocycles. The van der Waals surface area contributed by atoms with E-state index in [2.05, 4.69) is 15.2 Å². The fraction of sp³-hybridized carbons (Fsp3) is 0.391. The summed E-state index contributed by atoms with van der Waals surface area (Å²) in [6.07, 6.45) is 6.75. The van der Waals surface area contributed by atoms with Gasteiger partial charge in [-0.05, 0) is 37.0 Å². The number of methoxy groups -OCH3 is 2. The Kier molecular flexibility index (Phi) is 5.03. The van der Waals surface area contributed by atoms with Crippen molar-refractivity contribution >= 4 is 33.9 Å². The molecule has 0 atom stereocenters. The van der Waals surface area contributed by atoms with Crippen LogP contribution in [-0.2, 0) is 12.8 Å². The molecule has 6 nitrogen and oxygen atoms in total. The monoisotopic (exact) mass is 424 g/mol. The van der Waals surface area contributed by atoms with E-state index in [9.17, 15) is 0 Å². The van der Waals surface area contributed by atoms with Crippen LogP contribution in [0.3, 0.4) is 0 Å². The van der Waals surface area contributed by atoms with E-state index < -0.39 is 0 Å². The SMILES string of the molecule is COc1cc2nc3c(c(NCC4CN(c5ccncc5Cl)C4)c2cc1OC)CCC3. The van der Waals surface area contributed by atoms with Crippen LogP contribution in [0.2, 0.25) is 5.02 Å². The molecule has 1 fully saturated rings. The topological polar surface area (TPSA) is 59.5 Å². The van der Waals surface area contributed by atoms with E-state index in [0.717, 1.165) is 61.2 Å². The molecule has 5 rings (SSSR count). The molecule has 0 amide bonds. The molecule has 0 bridgehead atoms. The van der Waals surface area contributed by atoms with Crippen LogP contribution in [0.4, 0.5) is 11.4 Å². The number of anilines is 2. The molecular formula is C23H25ClN4O2. The van der Waals surface area contributed by atoms with Crippen LogP contribution in [0.25, 0.3) is 10.9 Å². The Morgan fingerprint density at radius 2 is 1.97 bits per heavy atom. The molecule has 2 aliphatic rings. The number of aromatic nitrogens is 2. The van der Waals surface area contributed by atoms with Crippen LogP contribution in [0.15, 0.2) is 30.6 Å². The number of pyridine rings is 2. The molecule has 1 aliphatic heterocycles. The number of halogens is 1. The van der Waals surface area contributed by atoms with Crippen molar-refractivity contribution in [2.75, 3.05) is 44.1 Å². The molecule has 2 aromatic heterocycles. The minimum atomic E-state index is 0.564. The maximum absolute atomic E-state index is 6.29. The van der Waals surface area contributed by atoms with Gasteiger partial charge in [0.1, 0.15) is 0 Å². The maximum Gasteiger partial charge on any atom is 0.162 e. The summed E-state index contributed by atoms with van der Waals surface area (Å²) in [5.41, 5.74) is 5.78. The van der Waals surface area contributed by atoms with Gasteiger partial charge in [0, 0.05) is 60.8 Å².